The predicted molar refractivity (Wildman–Crippen MR) is 114 cm³/mol. The molecule has 2 aromatic carbocycles. The third-order valence-electron chi connectivity index (χ3n) is 4.35. The molecule has 152 valence electrons. The molecule has 29 heavy (non-hydrogen) atoms. The zero-order valence-corrected chi connectivity index (χ0v) is 17.6. The van der Waals surface area contributed by atoms with E-state index in [0.29, 0.717) is 28.2 Å². The zero-order valence-electron chi connectivity index (χ0n) is 16.8. The lowest BCUT2D eigenvalue weighted by molar-refractivity contribution is -0.137. The number of thioether (sulfide) groups is 1. The number of hydrogen-bond acceptors (Lipinski definition) is 4. The van der Waals surface area contributed by atoms with Gasteiger partial charge in [-0.1, -0.05) is 45.0 Å². The number of nitrogens with zero attached hydrogens (tertiary/aromatic N) is 1. The second-order valence-electron chi connectivity index (χ2n) is 7.07. The molecule has 1 aliphatic rings. The number of carbonyl (C=O) groups is 2. The molecule has 1 aliphatic heterocycles. The van der Waals surface area contributed by atoms with Gasteiger partial charge in [-0.05, 0) is 41.8 Å². The average Bonchev–Trinajstić information content (AvgIpc) is 2.92. The van der Waals surface area contributed by atoms with Crippen molar-refractivity contribution in [1.82, 2.24) is 4.90 Å². The van der Waals surface area contributed by atoms with E-state index >= 15 is 0 Å². The molecule has 0 unspecified atom stereocenters. The van der Waals surface area contributed by atoms with E-state index in [-0.39, 0.29) is 29.4 Å². The molecule has 0 fully saturated rings. The number of benzene rings is 2. The van der Waals surface area contributed by atoms with E-state index in [9.17, 15) is 14.0 Å². The van der Waals surface area contributed by atoms with Crippen molar-refractivity contribution >= 4 is 29.1 Å². The van der Waals surface area contributed by atoms with Gasteiger partial charge in [0.05, 0.1) is 23.6 Å². The van der Waals surface area contributed by atoms with E-state index in [1.54, 1.807) is 12.1 Å². The summed E-state index contributed by atoms with van der Waals surface area (Å²) in [5.74, 6) is -0.258. The Bertz CT molecular complexity index is 920. The summed E-state index contributed by atoms with van der Waals surface area (Å²) < 4.78 is 18.8. The third kappa shape index (κ3) is 4.88. The van der Waals surface area contributed by atoms with Gasteiger partial charge in [0.25, 0.3) is 11.8 Å². The number of ether oxygens (including phenoxy) is 1. The van der Waals surface area contributed by atoms with Crippen molar-refractivity contribution in [3.8, 4) is 5.75 Å². The monoisotopic (exact) mass is 413 g/mol. The molecule has 0 saturated carbocycles. The molecular weight excluding hydrogens is 389 g/mol. The standard InChI is InChI=1S/C23H24FNO3S/c1-4-13-28-19-11-7-17(8-12-19)20-21(29-15(2)3)23(27)25(22(20)26)14-16-5-9-18(24)10-6-16/h5-12,15H,4,13-14H2,1-3H3. The maximum Gasteiger partial charge on any atom is 0.268 e. The molecule has 0 atom stereocenters. The van der Waals surface area contributed by atoms with Crippen LogP contribution in [0.4, 0.5) is 4.39 Å². The van der Waals surface area contributed by atoms with E-state index < -0.39 is 0 Å². The molecule has 0 radical (unpaired) electrons. The normalized spacial score (nSPS) is 14.3. The SMILES string of the molecule is CCCOc1ccc(C2=C(SC(C)C)C(=O)N(Cc3ccc(F)cc3)C2=O)cc1. The minimum atomic E-state index is -0.354. The Kier molecular flexibility index (Phi) is 6.75. The van der Waals surface area contributed by atoms with Crippen molar-refractivity contribution in [3.63, 3.8) is 0 Å². The molecule has 0 bridgehead atoms. The fraction of sp³-hybridized carbons (Fsp3) is 0.304. The van der Waals surface area contributed by atoms with Crippen LogP contribution in [0.5, 0.6) is 5.75 Å². The average molecular weight is 414 g/mol. The summed E-state index contributed by atoms with van der Waals surface area (Å²) in [5.41, 5.74) is 1.81. The lowest BCUT2D eigenvalue weighted by Gasteiger charge is -2.15. The summed E-state index contributed by atoms with van der Waals surface area (Å²) in [5, 5.41) is 0.148. The highest BCUT2D eigenvalue weighted by Gasteiger charge is 2.39. The Morgan fingerprint density at radius 2 is 1.66 bits per heavy atom. The maximum absolute atomic E-state index is 13.2. The Balaban J connectivity index is 1.91. The van der Waals surface area contributed by atoms with E-state index in [1.165, 1.54) is 28.8 Å². The van der Waals surface area contributed by atoms with Gasteiger partial charge in [-0.25, -0.2) is 4.39 Å². The molecule has 0 N–H and O–H groups in total. The molecule has 3 rings (SSSR count). The van der Waals surface area contributed by atoms with Crippen molar-refractivity contribution in [2.45, 2.75) is 39.0 Å². The minimum absolute atomic E-state index is 0.112. The van der Waals surface area contributed by atoms with E-state index in [4.69, 9.17) is 4.74 Å². The summed E-state index contributed by atoms with van der Waals surface area (Å²) in [6.45, 7) is 6.74. The molecule has 0 saturated heterocycles. The van der Waals surface area contributed by atoms with Crippen LogP contribution in [0.1, 0.15) is 38.3 Å². The zero-order chi connectivity index (χ0) is 21.0. The lowest BCUT2D eigenvalue weighted by atomic mass is 10.1. The number of amides is 2. The number of rotatable bonds is 8. The number of carbonyl (C=O) groups excluding carboxylic acids is 2. The van der Waals surface area contributed by atoms with Gasteiger partial charge < -0.3 is 4.74 Å². The van der Waals surface area contributed by atoms with Crippen LogP contribution in [0.3, 0.4) is 0 Å². The Morgan fingerprint density at radius 3 is 2.24 bits per heavy atom. The van der Waals surface area contributed by atoms with Crippen molar-refractivity contribution < 1.29 is 18.7 Å². The molecule has 2 amide bonds. The van der Waals surface area contributed by atoms with Crippen LogP contribution in [0.2, 0.25) is 0 Å². The molecule has 0 aliphatic carbocycles. The Morgan fingerprint density at radius 1 is 1.00 bits per heavy atom. The summed E-state index contributed by atoms with van der Waals surface area (Å²) in [6, 6.07) is 13.1. The largest absolute Gasteiger partial charge is 0.494 e. The second-order valence-corrected chi connectivity index (χ2v) is 8.65. The topological polar surface area (TPSA) is 46.6 Å². The second kappa shape index (κ2) is 9.27. The van der Waals surface area contributed by atoms with Crippen LogP contribution in [-0.4, -0.2) is 28.6 Å². The van der Waals surface area contributed by atoms with Crippen LogP contribution < -0.4 is 4.74 Å². The lowest BCUT2D eigenvalue weighted by Crippen LogP contribution is -2.31. The number of halogens is 1. The highest BCUT2D eigenvalue weighted by atomic mass is 32.2. The first-order valence-electron chi connectivity index (χ1n) is 9.65. The minimum Gasteiger partial charge on any atom is -0.494 e. The van der Waals surface area contributed by atoms with E-state index in [1.807, 2.05) is 45.0 Å². The van der Waals surface area contributed by atoms with Crippen LogP contribution in [-0.2, 0) is 16.1 Å². The van der Waals surface area contributed by atoms with Gasteiger partial charge in [0.2, 0.25) is 0 Å². The van der Waals surface area contributed by atoms with Crippen LogP contribution in [0.15, 0.2) is 53.4 Å². The number of imide groups is 1. The Labute approximate surface area is 174 Å². The maximum atomic E-state index is 13.2. The summed E-state index contributed by atoms with van der Waals surface area (Å²) in [6.07, 6.45) is 0.910. The molecule has 0 aromatic heterocycles. The smallest absolute Gasteiger partial charge is 0.268 e. The van der Waals surface area contributed by atoms with Gasteiger partial charge >= 0.3 is 0 Å². The highest BCUT2D eigenvalue weighted by Crippen LogP contribution is 2.38. The quantitative estimate of drug-likeness (QED) is 0.569. The first-order chi connectivity index (χ1) is 13.9. The van der Waals surface area contributed by atoms with Crippen LogP contribution in [0, 0.1) is 5.82 Å². The van der Waals surface area contributed by atoms with Crippen LogP contribution >= 0.6 is 11.8 Å². The molecule has 2 aromatic rings. The van der Waals surface area contributed by atoms with Crippen molar-refractivity contribution in [3.05, 3.63) is 70.4 Å². The summed E-state index contributed by atoms with van der Waals surface area (Å²) in [4.78, 5) is 27.9. The van der Waals surface area contributed by atoms with Gasteiger partial charge in [0.1, 0.15) is 11.6 Å². The van der Waals surface area contributed by atoms with Crippen LogP contribution in [0.25, 0.3) is 5.57 Å². The molecule has 6 heteroatoms. The molecule has 4 nitrogen and oxygen atoms in total. The molecular formula is C23H24FNO3S. The van der Waals surface area contributed by atoms with Gasteiger partial charge in [0.15, 0.2) is 0 Å². The van der Waals surface area contributed by atoms with Gasteiger partial charge in [0, 0.05) is 5.25 Å². The first kappa shape index (κ1) is 21.1. The summed E-state index contributed by atoms with van der Waals surface area (Å²) in [7, 11) is 0. The van der Waals surface area contributed by atoms with Gasteiger partial charge in [-0.3, -0.25) is 14.5 Å². The van der Waals surface area contributed by atoms with Gasteiger partial charge in [-0.15, -0.1) is 11.8 Å². The fourth-order valence-electron chi connectivity index (χ4n) is 3.01. The van der Waals surface area contributed by atoms with E-state index in [0.717, 1.165) is 12.2 Å². The summed E-state index contributed by atoms with van der Waals surface area (Å²) >= 11 is 1.39. The fourth-order valence-corrected chi connectivity index (χ4v) is 4.01. The number of hydrogen-bond donors (Lipinski definition) is 0. The van der Waals surface area contributed by atoms with Gasteiger partial charge in [-0.2, -0.15) is 0 Å². The first-order valence-corrected chi connectivity index (χ1v) is 10.5. The Hall–Kier alpha value is -2.60. The molecule has 1 heterocycles. The van der Waals surface area contributed by atoms with Crippen molar-refractivity contribution in [1.29, 1.82) is 0 Å². The molecule has 0 spiro atoms. The third-order valence-corrected chi connectivity index (χ3v) is 5.43. The van der Waals surface area contributed by atoms with E-state index in [2.05, 4.69) is 0 Å². The van der Waals surface area contributed by atoms with Crippen molar-refractivity contribution in [2.75, 3.05) is 6.61 Å². The highest BCUT2D eigenvalue weighted by molar-refractivity contribution is 8.04. The van der Waals surface area contributed by atoms with Crippen molar-refractivity contribution in [2.24, 2.45) is 0 Å². The predicted octanol–water partition coefficient (Wildman–Crippen LogP) is 5.04.